The number of furan rings is 1. The van der Waals surface area contributed by atoms with E-state index in [1.54, 1.807) is 0 Å². The van der Waals surface area contributed by atoms with E-state index in [0.29, 0.717) is 22.6 Å². The van der Waals surface area contributed by atoms with Crippen LogP contribution in [0, 0.1) is 11.3 Å². The second-order valence-electron chi connectivity index (χ2n) is 24.7. The van der Waals surface area contributed by atoms with Crippen molar-refractivity contribution in [3.05, 3.63) is 192 Å². The first kappa shape index (κ1) is 47.7. The van der Waals surface area contributed by atoms with E-state index in [1.807, 2.05) is 48.5 Å². The molecular formula is C69H63N5O. The smallest absolute Gasteiger partial charge is 0.164 e. The average Bonchev–Trinajstić information content (AvgIpc) is 4.08. The largest absolute Gasteiger partial charge is 0.455 e. The van der Waals surface area contributed by atoms with Gasteiger partial charge in [0, 0.05) is 49.5 Å². The Hall–Kier alpha value is -8.27. The number of hydrogen-bond donors (Lipinski definition) is 0. The monoisotopic (exact) mass is 978 g/mol. The Morgan fingerprint density at radius 3 is 1.24 bits per heavy atom. The van der Waals surface area contributed by atoms with Gasteiger partial charge in [-0.2, -0.15) is 5.26 Å². The van der Waals surface area contributed by atoms with Crippen LogP contribution >= 0.6 is 0 Å². The van der Waals surface area contributed by atoms with Gasteiger partial charge in [-0.3, -0.25) is 0 Å². The van der Waals surface area contributed by atoms with Crippen LogP contribution in [0.2, 0.25) is 0 Å². The van der Waals surface area contributed by atoms with E-state index in [2.05, 4.69) is 214 Å². The Balaban J connectivity index is 1.25. The lowest BCUT2D eigenvalue weighted by Gasteiger charge is -2.21. The van der Waals surface area contributed by atoms with Gasteiger partial charge in [-0.1, -0.05) is 180 Å². The van der Waals surface area contributed by atoms with Gasteiger partial charge in [-0.15, -0.1) is 0 Å². The number of aromatic nitrogens is 4. The number of rotatable bonds is 5. The molecule has 0 amide bonds. The molecule has 0 fully saturated rings. The summed E-state index contributed by atoms with van der Waals surface area (Å²) in [4.78, 5) is 10.5. The lowest BCUT2D eigenvalue weighted by Crippen LogP contribution is -2.11. The van der Waals surface area contributed by atoms with Gasteiger partial charge >= 0.3 is 0 Å². The molecular weight excluding hydrogens is 915 g/mol. The van der Waals surface area contributed by atoms with Crippen molar-refractivity contribution >= 4 is 65.6 Å². The molecule has 0 saturated carbocycles. The van der Waals surface area contributed by atoms with Crippen molar-refractivity contribution in [2.45, 2.75) is 105 Å². The predicted octanol–water partition coefficient (Wildman–Crippen LogP) is 18.6. The van der Waals surface area contributed by atoms with Crippen LogP contribution in [0.15, 0.2) is 168 Å². The van der Waals surface area contributed by atoms with E-state index in [-0.39, 0.29) is 21.7 Å². The molecule has 12 aromatic rings. The van der Waals surface area contributed by atoms with Crippen molar-refractivity contribution in [1.82, 2.24) is 19.1 Å². The third-order valence-electron chi connectivity index (χ3n) is 15.4. The van der Waals surface area contributed by atoms with Gasteiger partial charge in [0.25, 0.3) is 0 Å². The van der Waals surface area contributed by atoms with Gasteiger partial charge in [0.05, 0.1) is 56.0 Å². The summed E-state index contributed by atoms with van der Waals surface area (Å²) in [5.41, 5.74) is 16.5. The van der Waals surface area contributed by atoms with Crippen LogP contribution in [0.5, 0.6) is 0 Å². The number of benzene rings is 8. The van der Waals surface area contributed by atoms with Gasteiger partial charge in [-0.05, 0) is 105 Å². The molecule has 0 radical (unpaired) electrons. The minimum atomic E-state index is -0.0907. The van der Waals surface area contributed by atoms with Gasteiger partial charge in [0.2, 0.25) is 0 Å². The minimum absolute atomic E-state index is 0.0821. The van der Waals surface area contributed by atoms with Crippen molar-refractivity contribution < 1.29 is 4.42 Å². The molecule has 370 valence electrons. The molecule has 0 atom stereocenters. The number of nitriles is 1. The van der Waals surface area contributed by atoms with Crippen molar-refractivity contribution in [3.63, 3.8) is 0 Å². The Morgan fingerprint density at radius 1 is 0.427 bits per heavy atom. The Bertz CT molecular complexity index is 4120. The van der Waals surface area contributed by atoms with Crippen LogP contribution in [0.1, 0.15) is 111 Å². The molecule has 0 spiro atoms. The Kier molecular flexibility index (Phi) is 10.7. The number of fused-ring (bicyclic) bond motifs is 9. The number of hydrogen-bond acceptors (Lipinski definition) is 4. The molecule has 6 heteroatoms. The van der Waals surface area contributed by atoms with Crippen molar-refractivity contribution in [2.24, 2.45) is 0 Å². The van der Waals surface area contributed by atoms with Crippen LogP contribution in [0.4, 0.5) is 0 Å². The summed E-state index contributed by atoms with van der Waals surface area (Å²) in [5.74, 6) is 0.539. The summed E-state index contributed by atoms with van der Waals surface area (Å²) in [6, 6.07) is 61.4. The topological polar surface area (TPSA) is 72.6 Å². The van der Waals surface area contributed by atoms with Gasteiger partial charge < -0.3 is 13.6 Å². The zero-order valence-corrected chi connectivity index (χ0v) is 45.2. The third kappa shape index (κ3) is 7.91. The molecule has 0 aliphatic carbocycles. The van der Waals surface area contributed by atoms with Crippen LogP contribution < -0.4 is 0 Å². The molecule has 6 nitrogen and oxygen atoms in total. The van der Waals surface area contributed by atoms with E-state index < -0.39 is 0 Å². The third-order valence-corrected chi connectivity index (χ3v) is 15.4. The maximum absolute atomic E-state index is 12.1. The van der Waals surface area contributed by atoms with Crippen LogP contribution in [0.3, 0.4) is 0 Å². The van der Waals surface area contributed by atoms with Gasteiger partial charge in [-0.25, -0.2) is 9.97 Å². The van der Waals surface area contributed by atoms with E-state index in [9.17, 15) is 5.26 Å². The number of nitrogens with zero attached hydrogens (tertiary/aromatic N) is 5. The molecule has 4 heterocycles. The molecule has 4 aromatic heterocycles. The highest BCUT2D eigenvalue weighted by atomic mass is 16.3. The zero-order valence-electron chi connectivity index (χ0n) is 45.2. The fraction of sp³-hybridized carbons (Fsp3) is 0.232. The Labute approximate surface area is 439 Å². The highest BCUT2D eigenvalue weighted by molar-refractivity contribution is 6.17. The van der Waals surface area contributed by atoms with Crippen molar-refractivity contribution in [3.8, 4) is 51.3 Å². The standard InChI is InChI=1S/C69H63N5O/c1-66(2,3)43-26-30-56-49(34-43)50-35-44(67(4,5)6)27-31-57(50)73(56)60-39-61-62(53(40-70)63(60)74-58-32-28-45(68(7,8)9)36-51(58)52-37-46(69(10,11)12)29-33-59(52)74)47-24-19-25-48(64(47)75-61)65-71-54(41-20-15-13-16-21-41)38-55(72-65)42-22-17-14-18-23-42/h13-39H,1-12H3. The maximum Gasteiger partial charge on any atom is 0.164 e. The minimum Gasteiger partial charge on any atom is -0.455 e. The normalized spacial score (nSPS) is 12.8. The Morgan fingerprint density at radius 2 is 0.840 bits per heavy atom. The fourth-order valence-corrected chi connectivity index (χ4v) is 11.1. The summed E-state index contributed by atoms with van der Waals surface area (Å²) >= 11 is 0. The maximum atomic E-state index is 12.1. The van der Waals surface area contributed by atoms with E-state index >= 15 is 0 Å². The fourth-order valence-electron chi connectivity index (χ4n) is 11.1. The van der Waals surface area contributed by atoms with Crippen LogP contribution in [-0.4, -0.2) is 19.1 Å². The second kappa shape index (κ2) is 16.9. The lowest BCUT2D eigenvalue weighted by molar-refractivity contribution is 0.590. The second-order valence-corrected chi connectivity index (χ2v) is 24.7. The van der Waals surface area contributed by atoms with Crippen LogP contribution in [-0.2, 0) is 21.7 Å². The van der Waals surface area contributed by atoms with E-state index in [4.69, 9.17) is 14.4 Å². The molecule has 0 saturated heterocycles. The van der Waals surface area contributed by atoms with Crippen molar-refractivity contribution in [1.29, 1.82) is 5.26 Å². The average molecular weight is 978 g/mol. The molecule has 0 bridgehead atoms. The first-order valence-electron chi connectivity index (χ1n) is 26.3. The SMILES string of the molecule is CC(C)(C)c1ccc2c(c1)c1cc(C(C)(C)C)ccc1n2-c1cc2oc3c(-c4nc(-c5ccccc5)cc(-c5ccccc5)n4)cccc3c2c(C#N)c1-n1c2ccc(C(C)(C)C)cc2c2cc(C(C)(C)C)ccc21. The molecule has 0 N–H and O–H groups in total. The highest BCUT2D eigenvalue weighted by Crippen LogP contribution is 2.47. The molecule has 0 unspecified atom stereocenters. The molecule has 12 rings (SSSR count). The first-order chi connectivity index (χ1) is 35.7. The quantitative estimate of drug-likeness (QED) is 0.172. The van der Waals surface area contributed by atoms with Crippen LogP contribution in [0.25, 0.3) is 111 Å². The summed E-state index contributed by atoms with van der Waals surface area (Å²) in [7, 11) is 0. The van der Waals surface area contributed by atoms with Gasteiger partial charge in [0.15, 0.2) is 5.82 Å². The highest BCUT2D eigenvalue weighted by Gasteiger charge is 2.30. The zero-order chi connectivity index (χ0) is 52.5. The molecule has 75 heavy (non-hydrogen) atoms. The summed E-state index contributed by atoms with van der Waals surface area (Å²) in [5, 5.41) is 18.3. The molecule has 0 aliphatic rings. The number of para-hydroxylation sites is 1. The predicted molar refractivity (Wildman–Crippen MR) is 314 cm³/mol. The van der Waals surface area contributed by atoms with E-state index in [0.717, 1.165) is 93.8 Å². The van der Waals surface area contributed by atoms with Gasteiger partial charge in [0.1, 0.15) is 17.2 Å². The first-order valence-corrected chi connectivity index (χ1v) is 26.3. The molecule has 8 aromatic carbocycles. The van der Waals surface area contributed by atoms with E-state index in [1.165, 1.54) is 22.3 Å². The summed E-state index contributed by atoms with van der Waals surface area (Å²) in [6.07, 6.45) is 0. The molecule has 0 aliphatic heterocycles. The summed E-state index contributed by atoms with van der Waals surface area (Å²) < 4.78 is 12.0. The summed E-state index contributed by atoms with van der Waals surface area (Å²) in [6.45, 7) is 27.3. The van der Waals surface area contributed by atoms with Crippen molar-refractivity contribution in [2.75, 3.05) is 0 Å². The lowest BCUT2D eigenvalue weighted by atomic mass is 9.85.